The Balaban J connectivity index is 2.85. The van der Waals surface area contributed by atoms with Gasteiger partial charge in [0.2, 0.25) is 5.78 Å². The number of rotatable bonds is 2. The standard InChI is InChI=1S/C6H5Cl2NOS/c1-3-2-9-6(11-3)4(10)5(7)8/h2,5H,1H3. The minimum Gasteiger partial charge on any atom is -0.288 e. The first-order valence-corrected chi connectivity index (χ1v) is 4.55. The molecule has 5 heteroatoms. The van der Waals surface area contributed by atoms with Gasteiger partial charge < -0.3 is 0 Å². The Hall–Kier alpha value is -0.120. The molecule has 0 radical (unpaired) electrons. The van der Waals surface area contributed by atoms with Gasteiger partial charge in [0.15, 0.2) is 9.84 Å². The third-order valence-corrected chi connectivity index (χ3v) is 2.35. The normalized spacial score (nSPS) is 10.5. The number of carbonyl (C=O) groups excluding carboxylic acids is 1. The zero-order chi connectivity index (χ0) is 8.43. The van der Waals surface area contributed by atoms with E-state index in [0.717, 1.165) is 4.88 Å². The Bertz CT molecular complexity index is 271. The van der Waals surface area contributed by atoms with E-state index in [9.17, 15) is 4.79 Å². The van der Waals surface area contributed by atoms with Crippen molar-refractivity contribution in [2.24, 2.45) is 0 Å². The van der Waals surface area contributed by atoms with Crippen LogP contribution >= 0.6 is 34.5 Å². The number of hydrogen-bond donors (Lipinski definition) is 0. The molecule has 11 heavy (non-hydrogen) atoms. The van der Waals surface area contributed by atoms with E-state index in [4.69, 9.17) is 23.2 Å². The highest BCUT2D eigenvalue weighted by molar-refractivity contribution is 7.13. The predicted molar refractivity (Wildman–Crippen MR) is 46.7 cm³/mol. The Labute approximate surface area is 78.2 Å². The van der Waals surface area contributed by atoms with Crippen molar-refractivity contribution < 1.29 is 4.79 Å². The topological polar surface area (TPSA) is 30.0 Å². The summed E-state index contributed by atoms with van der Waals surface area (Å²) >= 11 is 12.0. The molecule has 0 aromatic carbocycles. The van der Waals surface area contributed by atoms with Gasteiger partial charge in [0.05, 0.1) is 0 Å². The first-order valence-electron chi connectivity index (χ1n) is 2.86. The number of halogens is 2. The van der Waals surface area contributed by atoms with Crippen LogP contribution in [0.2, 0.25) is 0 Å². The number of ketones is 1. The maximum absolute atomic E-state index is 11.0. The molecule has 0 aliphatic heterocycles. The Morgan fingerprint density at radius 1 is 1.73 bits per heavy atom. The zero-order valence-electron chi connectivity index (χ0n) is 5.67. The van der Waals surface area contributed by atoms with Gasteiger partial charge in [-0.05, 0) is 6.92 Å². The summed E-state index contributed by atoms with van der Waals surface area (Å²) in [5.41, 5.74) is 0. The third-order valence-electron chi connectivity index (χ3n) is 1.03. The van der Waals surface area contributed by atoms with Gasteiger partial charge in [0, 0.05) is 11.1 Å². The lowest BCUT2D eigenvalue weighted by Crippen LogP contribution is -2.06. The van der Waals surface area contributed by atoms with Crippen LogP contribution < -0.4 is 0 Å². The van der Waals surface area contributed by atoms with Crippen molar-refractivity contribution in [2.75, 3.05) is 0 Å². The van der Waals surface area contributed by atoms with Gasteiger partial charge in [0.25, 0.3) is 0 Å². The molecule has 2 nitrogen and oxygen atoms in total. The van der Waals surface area contributed by atoms with E-state index in [2.05, 4.69) is 4.98 Å². The number of carbonyl (C=O) groups is 1. The molecule has 0 fully saturated rings. The van der Waals surface area contributed by atoms with E-state index < -0.39 is 4.84 Å². The molecule has 0 N–H and O–H groups in total. The summed E-state index contributed by atoms with van der Waals surface area (Å²) in [4.78, 5) is 14.9. The van der Waals surface area contributed by atoms with Crippen LogP contribution in [0, 0.1) is 6.92 Å². The van der Waals surface area contributed by atoms with E-state index in [1.807, 2.05) is 6.92 Å². The second-order valence-corrected chi connectivity index (χ2v) is 4.27. The maximum Gasteiger partial charge on any atom is 0.224 e. The summed E-state index contributed by atoms with van der Waals surface area (Å²) in [5, 5.41) is 0.373. The molecule has 0 saturated heterocycles. The fourth-order valence-electron chi connectivity index (χ4n) is 0.562. The molecule has 0 saturated carbocycles. The van der Waals surface area contributed by atoms with Crippen molar-refractivity contribution >= 4 is 40.3 Å². The number of aromatic nitrogens is 1. The summed E-state index contributed by atoms with van der Waals surface area (Å²) in [6.45, 7) is 1.87. The number of alkyl halides is 2. The summed E-state index contributed by atoms with van der Waals surface area (Å²) in [7, 11) is 0. The average molecular weight is 210 g/mol. The molecule has 0 bridgehead atoms. The van der Waals surface area contributed by atoms with Crippen LogP contribution in [0.25, 0.3) is 0 Å². The lowest BCUT2D eigenvalue weighted by Gasteiger charge is -1.92. The molecule has 1 aromatic rings. The van der Waals surface area contributed by atoms with Crippen molar-refractivity contribution in [3.05, 3.63) is 16.1 Å². The largest absolute Gasteiger partial charge is 0.288 e. The average Bonchev–Trinajstić information content (AvgIpc) is 2.34. The predicted octanol–water partition coefficient (Wildman–Crippen LogP) is 2.44. The summed E-state index contributed by atoms with van der Waals surface area (Å²) in [6.07, 6.45) is 1.62. The van der Waals surface area contributed by atoms with Gasteiger partial charge in [-0.1, -0.05) is 23.2 Å². The number of hydrogen-bond acceptors (Lipinski definition) is 3. The zero-order valence-corrected chi connectivity index (χ0v) is 8.00. The number of nitrogens with zero attached hydrogens (tertiary/aromatic N) is 1. The molecule has 0 aliphatic rings. The molecule has 0 spiro atoms. The van der Waals surface area contributed by atoms with E-state index >= 15 is 0 Å². The van der Waals surface area contributed by atoms with Gasteiger partial charge in [0.1, 0.15) is 0 Å². The molecule has 1 rings (SSSR count). The van der Waals surface area contributed by atoms with E-state index in [0.29, 0.717) is 5.01 Å². The minimum atomic E-state index is -0.999. The molecule has 0 aliphatic carbocycles. The van der Waals surface area contributed by atoms with Gasteiger partial charge >= 0.3 is 0 Å². The molecule has 0 unspecified atom stereocenters. The highest BCUT2D eigenvalue weighted by atomic mass is 35.5. The van der Waals surface area contributed by atoms with Crippen LogP contribution in [0.1, 0.15) is 14.7 Å². The molecule has 0 amide bonds. The molecule has 1 aromatic heterocycles. The fourth-order valence-corrected chi connectivity index (χ4v) is 1.63. The van der Waals surface area contributed by atoms with Gasteiger partial charge in [-0.15, -0.1) is 11.3 Å². The third kappa shape index (κ3) is 2.15. The highest BCUT2D eigenvalue weighted by Gasteiger charge is 2.16. The van der Waals surface area contributed by atoms with Crippen molar-refractivity contribution in [3.8, 4) is 0 Å². The summed E-state index contributed by atoms with van der Waals surface area (Å²) < 4.78 is 0. The van der Waals surface area contributed by atoms with Crippen molar-refractivity contribution in [3.63, 3.8) is 0 Å². The van der Waals surface area contributed by atoms with E-state index in [1.54, 1.807) is 6.20 Å². The second-order valence-electron chi connectivity index (χ2n) is 1.94. The van der Waals surface area contributed by atoms with Gasteiger partial charge in [-0.2, -0.15) is 0 Å². The maximum atomic E-state index is 11.0. The van der Waals surface area contributed by atoms with Crippen LogP contribution in [0.3, 0.4) is 0 Å². The Kier molecular flexibility index (Phi) is 2.87. The van der Waals surface area contributed by atoms with Gasteiger partial charge in [-0.25, -0.2) is 4.98 Å². The molecule has 0 atom stereocenters. The van der Waals surface area contributed by atoms with Crippen LogP contribution in [-0.4, -0.2) is 15.6 Å². The van der Waals surface area contributed by atoms with Crippen molar-refractivity contribution in [1.82, 2.24) is 4.98 Å². The first kappa shape index (κ1) is 8.97. The Morgan fingerprint density at radius 3 is 2.73 bits per heavy atom. The summed E-state index contributed by atoms with van der Waals surface area (Å²) in [6, 6.07) is 0. The molecular weight excluding hydrogens is 205 g/mol. The van der Waals surface area contributed by atoms with Crippen LogP contribution in [0.5, 0.6) is 0 Å². The van der Waals surface area contributed by atoms with Crippen LogP contribution in [0.15, 0.2) is 6.20 Å². The minimum absolute atomic E-state index is 0.327. The highest BCUT2D eigenvalue weighted by Crippen LogP contribution is 2.16. The summed E-state index contributed by atoms with van der Waals surface area (Å²) in [5.74, 6) is -0.327. The van der Waals surface area contributed by atoms with Crippen molar-refractivity contribution in [1.29, 1.82) is 0 Å². The quantitative estimate of drug-likeness (QED) is 0.554. The van der Waals surface area contributed by atoms with Gasteiger partial charge in [-0.3, -0.25) is 4.79 Å². The molecular formula is C6H5Cl2NOS. The van der Waals surface area contributed by atoms with Crippen LogP contribution in [-0.2, 0) is 0 Å². The van der Waals surface area contributed by atoms with Crippen molar-refractivity contribution in [2.45, 2.75) is 11.8 Å². The first-order chi connectivity index (χ1) is 5.11. The number of thiazole rings is 1. The monoisotopic (exact) mass is 209 g/mol. The molecule has 60 valence electrons. The van der Waals surface area contributed by atoms with Crippen LogP contribution in [0.4, 0.5) is 0 Å². The lowest BCUT2D eigenvalue weighted by atomic mass is 10.5. The SMILES string of the molecule is Cc1cnc(C(=O)C(Cl)Cl)s1. The van der Waals surface area contributed by atoms with E-state index in [-0.39, 0.29) is 5.78 Å². The van der Waals surface area contributed by atoms with E-state index in [1.165, 1.54) is 11.3 Å². The lowest BCUT2D eigenvalue weighted by molar-refractivity contribution is 0.101. The molecule has 1 heterocycles. The smallest absolute Gasteiger partial charge is 0.224 e. The number of Topliss-reactive ketones (excluding diaryl/α,β-unsaturated/α-hetero) is 1. The number of aryl methyl sites for hydroxylation is 1. The Morgan fingerprint density at radius 2 is 2.36 bits per heavy atom. The second kappa shape index (κ2) is 3.52. The fraction of sp³-hybridized carbons (Fsp3) is 0.333.